The molecule has 2 N–H and O–H groups in total. The van der Waals surface area contributed by atoms with E-state index in [1.807, 2.05) is 0 Å². The van der Waals surface area contributed by atoms with Crippen molar-refractivity contribution in [3.05, 3.63) is 22.7 Å². The van der Waals surface area contributed by atoms with Crippen molar-refractivity contribution in [2.45, 2.75) is 24.7 Å². The number of sulfonamides is 1. The third kappa shape index (κ3) is 4.83. The van der Waals surface area contributed by atoms with Gasteiger partial charge in [0.15, 0.2) is 0 Å². The van der Waals surface area contributed by atoms with Crippen LogP contribution in [-0.4, -0.2) is 35.2 Å². The van der Waals surface area contributed by atoms with E-state index in [0.717, 1.165) is 25.9 Å². The van der Waals surface area contributed by atoms with Gasteiger partial charge in [0.1, 0.15) is 10.6 Å². The van der Waals surface area contributed by atoms with Crippen molar-refractivity contribution in [2.24, 2.45) is 5.41 Å². The zero-order chi connectivity index (χ0) is 15.5. The number of halogens is 2. The molecule has 1 fully saturated rings. The topological polar surface area (TPSA) is 67.4 Å². The van der Waals surface area contributed by atoms with Crippen LogP contribution in [0.5, 0.6) is 5.75 Å². The molecule has 0 radical (unpaired) electrons. The number of ether oxygens (including phenoxy) is 1. The number of piperidine rings is 1. The minimum atomic E-state index is -3.60. The summed E-state index contributed by atoms with van der Waals surface area (Å²) in [7, 11) is -2.13. The van der Waals surface area contributed by atoms with Gasteiger partial charge in [-0.3, -0.25) is 0 Å². The molecule has 126 valence electrons. The van der Waals surface area contributed by atoms with Crippen molar-refractivity contribution in [2.75, 3.05) is 26.7 Å². The van der Waals surface area contributed by atoms with Crippen molar-refractivity contribution >= 4 is 38.4 Å². The monoisotopic (exact) mass is 412 g/mol. The van der Waals surface area contributed by atoms with Crippen LogP contribution < -0.4 is 14.8 Å². The summed E-state index contributed by atoms with van der Waals surface area (Å²) in [5.74, 6) is 0.345. The van der Waals surface area contributed by atoms with E-state index in [9.17, 15) is 8.42 Å². The summed E-state index contributed by atoms with van der Waals surface area (Å²) in [6.45, 7) is 4.34. The van der Waals surface area contributed by atoms with E-state index in [1.54, 1.807) is 18.2 Å². The molecule has 0 amide bonds. The normalized spacial score (nSPS) is 22.0. The predicted molar refractivity (Wildman–Crippen MR) is 93.3 cm³/mol. The van der Waals surface area contributed by atoms with E-state index in [0.29, 0.717) is 16.8 Å². The summed E-state index contributed by atoms with van der Waals surface area (Å²) in [4.78, 5) is 0.159. The molecular formula is C14H22BrClN2O3S. The fraction of sp³-hybridized carbons (Fsp3) is 0.571. The summed E-state index contributed by atoms with van der Waals surface area (Å²) in [5.41, 5.74) is -0.0510. The molecule has 0 bridgehead atoms. The highest BCUT2D eigenvalue weighted by atomic mass is 79.9. The third-order valence-corrected chi connectivity index (χ3v) is 5.71. The standard InChI is InChI=1S/C14H21BrN2O3S.ClH/c1-14(6-3-7-16-9-14)10-17-21(18,19)13-8-11(15)4-5-12(13)20-2;/h4-5,8,16-17H,3,6-7,9-10H2,1-2H3;1H. The van der Waals surface area contributed by atoms with Gasteiger partial charge >= 0.3 is 0 Å². The second kappa shape index (κ2) is 7.97. The van der Waals surface area contributed by atoms with Crippen LogP contribution in [0.2, 0.25) is 0 Å². The van der Waals surface area contributed by atoms with Crippen molar-refractivity contribution in [1.29, 1.82) is 0 Å². The van der Waals surface area contributed by atoms with Gasteiger partial charge in [0, 0.05) is 17.6 Å². The molecule has 1 aliphatic heterocycles. The Morgan fingerprint density at radius 3 is 2.77 bits per heavy atom. The molecule has 0 aromatic heterocycles. The van der Waals surface area contributed by atoms with Crippen LogP contribution >= 0.6 is 28.3 Å². The molecule has 0 aliphatic carbocycles. The Kier molecular flexibility index (Phi) is 7.14. The van der Waals surface area contributed by atoms with Crippen LogP contribution in [0, 0.1) is 5.41 Å². The van der Waals surface area contributed by atoms with E-state index >= 15 is 0 Å². The van der Waals surface area contributed by atoms with Gasteiger partial charge < -0.3 is 10.1 Å². The van der Waals surface area contributed by atoms with Crippen LogP contribution in [0.4, 0.5) is 0 Å². The van der Waals surface area contributed by atoms with E-state index in [1.165, 1.54) is 7.11 Å². The number of methoxy groups -OCH3 is 1. The van der Waals surface area contributed by atoms with Crippen LogP contribution in [0.3, 0.4) is 0 Å². The smallest absolute Gasteiger partial charge is 0.244 e. The molecule has 1 heterocycles. The molecule has 1 atom stereocenters. The Bertz CT molecular complexity index is 604. The first kappa shape index (κ1) is 19.7. The second-order valence-corrected chi connectivity index (χ2v) is 8.36. The summed E-state index contributed by atoms with van der Waals surface area (Å²) < 4.78 is 33.6. The molecule has 8 heteroatoms. The lowest BCUT2D eigenvalue weighted by molar-refractivity contribution is 0.238. The van der Waals surface area contributed by atoms with Crippen molar-refractivity contribution in [3.63, 3.8) is 0 Å². The summed E-state index contributed by atoms with van der Waals surface area (Å²) in [6.07, 6.45) is 2.08. The van der Waals surface area contributed by atoms with Crippen molar-refractivity contribution < 1.29 is 13.2 Å². The molecule has 1 aliphatic rings. The Morgan fingerprint density at radius 1 is 1.45 bits per heavy atom. The largest absolute Gasteiger partial charge is 0.495 e. The molecular weight excluding hydrogens is 392 g/mol. The molecule has 5 nitrogen and oxygen atoms in total. The minimum absolute atomic E-state index is 0. The Labute approximate surface area is 146 Å². The van der Waals surface area contributed by atoms with Gasteiger partial charge in [-0.15, -0.1) is 12.4 Å². The van der Waals surface area contributed by atoms with Gasteiger partial charge in [-0.05, 0) is 43.0 Å². The number of rotatable bonds is 5. The van der Waals surface area contributed by atoms with Crippen LogP contribution in [0.15, 0.2) is 27.6 Å². The van der Waals surface area contributed by atoms with E-state index in [-0.39, 0.29) is 22.7 Å². The maximum Gasteiger partial charge on any atom is 0.244 e. The van der Waals surface area contributed by atoms with Gasteiger partial charge in [0.05, 0.1) is 7.11 Å². The number of nitrogens with one attached hydrogen (secondary N) is 2. The van der Waals surface area contributed by atoms with E-state index < -0.39 is 10.0 Å². The molecule has 1 aromatic carbocycles. The van der Waals surface area contributed by atoms with Crippen molar-refractivity contribution in [3.8, 4) is 5.75 Å². The third-order valence-electron chi connectivity index (χ3n) is 3.79. The minimum Gasteiger partial charge on any atom is -0.495 e. The molecule has 22 heavy (non-hydrogen) atoms. The highest BCUT2D eigenvalue weighted by molar-refractivity contribution is 9.10. The Balaban J connectivity index is 0.00000242. The van der Waals surface area contributed by atoms with Crippen LogP contribution in [-0.2, 0) is 10.0 Å². The maximum absolute atomic E-state index is 12.5. The number of benzene rings is 1. The quantitative estimate of drug-likeness (QED) is 0.778. The first-order chi connectivity index (χ1) is 9.86. The van der Waals surface area contributed by atoms with Crippen molar-refractivity contribution in [1.82, 2.24) is 10.0 Å². The van der Waals surface area contributed by atoms with Crippen LogP contribution in [0.1, 0.15) is 19.8 Å². The zero-order valence-corrected chi connectivity index (χ0v) is 15.9. The average Bonchev–Trinajstić information content (AvgIpc) is 2.46. The molecule has 1 unspecified atom stereocenters. The Hall–Kier alpha value is -0.340. The first-order valence-electron chi connectivity index (χ1n) is 6.90. The fourth-order valence-corrected chi connectivity index (χ4v) is 4.38. The average molecular weight is 414 g/mol. The van der Waals surface area contributed by atoms with Gasteiger partial charge in [-0.25, -0.2) is 13.1 Å². The highest BCUT2D eigenvalue weighted by Gasteiger charge is 2.29. The zero-order valence-electron chi connectivity index (χ0n) is 12.7. The van der Waals surface area contributed by atoms with E-state index in [2.05, 4.69) is 32.9 Å². The summed E-state index contributed by atoms with van der Waals surface area (Å²) >= 11 is 3.30. The van der Waals surface area contributed by atoms with Gasteiger partial charge in [0.25, 0.3) is 0 Å². The molecule has 2 rings (SSSR count). The van der Waals surface area contributed by atoms with Crippen LogP contribution in [0.25, 0.3) is 0 Å². The second-order valence-electron chi connectivity index (χ2n) is 5.71. The van der Waals surface area contributed by atoms with Gasteiger partial charge in [-0.2, -0.15) is 0 Å². The first-order valence-corrected chi connectivity index (χ1v) is 9.18. The molecule has 0 spiro atoms. The number of hydrogen-bond acceptors (Lipinski definition) is 4. The molecule has 1 saturated heterocycles. The van der Waals surface area contributed by atoms with E-state index in [4.69, 9.17) is 4.74 Å². The number of hydrogen-bond donors (Lipinski definition) is 2. The lowest BCUT2D eigenvalue weighted by Crippen LogP contribution is -2.45. The summed E-state index contributed by atoms with van der Waals surface area (Å²) in [5, 5.41) is 3.32. The van der Waals surface area contributed by atoms with Gasteiger partial charge in [-0.1, -0.05) is 22.9 Å². The SMILES string of the molecule is COc1ccc(Br)cc1S(=O)(=O)NCC1(C)CCCNC1.Cl. The lowest BCUT2D eigenvalue weighted by atomic mass is 9.83. The highest BCUT2D eigenvalue weighted by Crippen LogP contribution is 2.29. The predicted octanol–water partition coefficient (Wildman–Crippen LogP) is 2.55. The fourth-order valence-electron chi connectivity index (χ4n) is 2.48. The molecule has 0 saturated carbocycles. The maximum atomic E-state index is 12.5. The molecule has 1 aromatic rings. The lowest BCUT2D eigenvalue weighted by Gasteiger charge is -2.34. The Morgan fingerprint density at radius 2 is 2.18 bits per heavy atom. The summed E-state index contributed by atoms with van der Waals surface area (Å²) in [6, 6.07) is 4.95. The van der Waals surface area contributed by atoms with Gasteiger partial charge in [0.2, 0.25) is 10.0 Å².